The van der Waals surface area contributed by atoms with E-state index in [1.807, 2.05) is 12.1 Å². The van der Waals surface area contributed by atoms with Gasteiger partial charge < -0.3 is 0 Å². The first-order valence-electron chi connectivity index (χ1n) is 11.2. The molecule has 160 valence electrons. The van der Waals surface area contributed by atoms with Crippen LogP contribution < -0.4 is 0 Å². The molecule has 1 N–H and O–H groups in total. The van der Waals surface area contributed by atoms with Crippen molar-refractivity contribution in [1.82, 2.24) is 0 Å². The Morgan fingerprint density at radius 3 is 1.82 bits per heavy atom. The van der Waals surface area contributed by atoms with Crippen LogP contribution in [-0.4, -0.2) is 13.0 Å². The minimum absolute atomic E-state index is 0.00140. The second-order valence-corrected chi connectivity index (χ2v) is 9.29. The summed E-state index contributed by atoms with van der Waals surface area (Å²) < 4.78 is 32.2. The topological polar surface area (TPSA) is 54.4 Å². The van der Waals surface area contributed by atoms with Gasteiger partial charge >= 0.3 is 0 Å². The van der Waals surface area contributed by atoms with Gasteiger partial charge in [0, 0.05) is 0 Å². The highest BCUT2D eigenvalue weighted by Crippen LogP contribution is 2.20. The third-order valence-electron chi connectivity index (χ3n) is 5.34. The number of hydrogen-bond acceptors (Lipinski definition) is 2. The highest BCUT2D eigenvalue weighted by atomic mass is 32.2. The summed E-state index contributed by atoms with van der Waals surface area (Å²) in [6.07, 6.45) is 20.4. The molecule has 0 heterocycles. The smallest absolute Gasteiger partial charge is 0.282 e. The molecule has 1 rings (SSSR count). The van der Waals surface area contributed by atoms with Crippen molar-refractivity contribution in [1.29, 1.82) is 0 Å². The summed E-state index contributed by atoms with van der Waals surface area (Å²) in [6.45, 7) is 5.93. The van der Waals surface area contributed by atoms with Gasteiger partial charge in [-0.25, -0.2) is 0 Å². The highest BCUT2D eigenvalue weighted by molar-refractivity contribution is 7.85. The second-order valence-electron chi connectivity index (χ2n) is 7.90. The van der Waals surface area contributed by atoms with Gasteiger partial charge in [-0.2, -0.15) is 8.42 Å². The van der Waals surface area contributed by atoms with Gasteiger partial charge in [0.1, 0.15) is 0 Å². The van der Waals surface area contributed by atoms with Crippen molar-refractivity contribution in [2.45, 2.75) is 108 Å². The first kappa shape index (κ1) is 24.9. The molecule has 0 aliphatic rings. The molecular weight excluding hydrogens is 368 g/mol. The van der Waals surface area contributed by atoms with Gasteiger partial charge in [-0.3, -0.25) is 4.55 Å². The number of aryl methyl sites for hydroxylation is 1. The van der Waals surface area contributed by atoms with Crippen LogP contribution in [0.15, 0.2) is 35.7 Å². The number of unbranched alkanes of at least 4 members (excludes halogenated alkanes) is 12. The summed E-state index contributed by atoms with van der Waals surface area (Å²) in [5, 5.41) is 0. The third-order valence-corrected chi connectivity index (χ3v) is 6.29. The van der Waals surface area contributed by atoms with E-state index in [2.05, 4.69) is 13.5 Å². The SMILES string of the molecule is C=CCc1cc(CCCCCCCCCCCCCCC)ccc1S(=O)(=O)O. The van der Waals surface area contributed by atoms with E-state index in [0.29, 0.717) is 12.0 Å². The lowest BCUT2D eigenvalue weighted by Crippen LogP contribution is -2.03. The van der Waals surface area contributed by atoms with Crippen LogP contribution in [0.3, 0.4) is 0 Å². The molecule has 0 atom stereocenters. The van der Waals surface area contributed by atoms with Crippen LogP contribution in [0.5, 0.6) is 0 Å². The Balaban J connectivity index is 2.15. The molecule has 0 fully saturated rings. The van der Waals surface area contributed by atoms with E-state index in [1.165, 1.54) is 83.1 Å². The Morgan fingerprint density at radius 1 is 0.857 bits per heavy atom. The molecule has 28 heavy (non-hydrogen) atoms. The Labute approximate surface area is 173 Å². The van der Waals surface area contributed by atoms with Crippen LogP contribution in [-0.2, 0) is 23.0 Å². The van der Waals surface area contributed by atoms with E-state index in [-0.39, 0.29) is 4.90 Å². The van der Waals surface area contributed by atoms with Crippen molar-refractivity contribution in [2.75, 3.05) is 0 Å². The predicted octanol–water partition coefficient (Wildman–Crippen LogP) is 7.30. The van der Waals surface area contributed by atoms with Gasteiger partial charge in [-0.1, -0.05) is 102 Å². The van der Waals surface area contributed by atoms with Crippen molar-refractivity contribution in [2.24, 2.45) is 0 Å². The van der Waals surface area contributed by atoms with Gasteiger partial charge in [-0.05, 0) is 36.5 Å². The Hall–Kier alpha value is -1.13. The molecule has 0 aromatic heterocycles. The maximum Gasteiger partial charge on any atom is 0.294 e. The molecule has 0 aliphatic carbocycles. The lowest BCUT2D eigenvalue weighted by atomic mass is 10.0. The molecule has 0 saturated carbocycles. The molecule has 1 aromatic rings. The summed E-state index contributed by atoms with van der Waals surface area (Å²) in [5.41, 5.74) is 1.76. The van der Waals surface area contributed by atoms with Gasteiger partial charge in [0.25, 0.3) is 10.1 Å². The predicted molar refractivity (Wildman–Crippen MR) is 120 cm³/mol. The zero-order chi connectivity index (χ0) is 20.7. The molecule has 1 aromatic carbocycles. The van der Waals surface area contributed by atoms with Crippen molar-refractivity contribution >= 4 is 10.1 Å². The van der Waals surface area contributed by atoms with E-state index in [1.54, 1.807) is 6.08 Å². The fourth-order valence-electron chi connectivity index (χ4n) is 3.70. The maximum atomic E-state index is 11.4. The number of benzene rings is 1. The number of rotatable bonds is 17. The van der Waals surface area contributed by atoms with E-state index in [4.69, 9.17) is 0 Å². The molecule has 3 nitrogen and oxygen atoms in total. The zero-order valence-corrected chi connectivity index (χ0v) is 18.6. The van der Waals surface area contributed by atoms with Crippen LogP contribution in [0.1, 0.15) is 102 Å². The van der Waals surface area contributed by atoms with Gasteiger partial charge in [0.2, 0.25) is 0 Å². The Morgan fingerprint density at radius 2 is 1.36 bits per heavy atom. The number of hydrogen-bond donors (Lipinski definition) is 1. The lowest BCUT2D eigenvalue weighted by Gasteiger charge is -2.09. The summed E-state index contributed by atoms with van der Waals surface area (Å²) in [5.74, 6) is 0. The minimum Gasteiger partial charge on any atom is -0.282 e. The van der Waals surface area contributed by atoms with Crippen molar-refractivity contribution in [3.8, 4) is 0 Å². The lowest BCUT2D eigenvalue weighted by molar-refractivity contribution is 0.482. The Bertz CT molecular complexity index is 650. The maximum absolute atomic E-state index is 11.4. The fourth-order valence-corrected chi connectivity index (χ4v) is 4.42. The zero-order valence-electron chi connectivity index (χ0n) is 17.8. The monoisotopic (exact) mass is 408 g/mol. The van der Waals surface area contributed by atoms with E-state index < -0.39 is 10.1 Å². The normalized spacial score (nSPS) is 11.6. The highest BCUT2D eigenvalue weighted by Gasteiger charge is 2.14. The molecule has 0 aliphatic heterocycles. The summed E-state index contributed by atoms with van der Waals surface area (Å²) in [6, 6.07) is 5.23. The summed E-state index contributed by atoms with van der Waals surface area (Å²) >= 11 is 0. The van der Waals surface area contributed by atoms with Crippen LogP contribution in [0, 0.1) is 0 Å². The number of allylic oxidation sites excluding steroid dienone is 1. The van der Waals surface area contributed by atoms with Crippen molar-refractivity contribution in [3.05, 3.63) is 42.0 Å². The summed E-state index contributed by atoms with van der Waals surface area (Å²) in [7, 11) is -4.17. The van der Waals surface area contributed by atoms with Gasteiger partial charge in [0.05, 0.1) is 4.90 Å². The van der Waals surface area contributed by atoms with Crippen LogP contribution in [0.25, 0.3) is 0 Å². The van der Waals surface area contributed by atoms with Gasteiger partial charge in [-0.15, -0.1) is 6.58 Å². The molecule has 0 bridgehead atoms. The summed E-state index contributed by atoms with van der Waals surface area (Å²) in [4.78, 5) is 0.00140. The average molecular weight is 409 g/mol. The van der Waals surface area contributed by atoms with Crippen molar-refractivity contribution in [3.63, 3.8) is 0 Å². The van der Waals surface area contributed by atoms with Crippen molar-refractivity contribution < 1.29 is 13.0 Å². The van der Waals surface area contributed by atoms with Gasteiger partial charge in [0.15, 0.2) is 0 Å². The third kappa shape index (κ3) is 11.0. The Kier molecular flexibility index (Phi) is 13.2. The van der Waals surface area contributed by atoms with E-state index >= 15 is 0 Å². The standard InChI is InChI=1S/C24H40O3S/c1-3-5-6-7-8-9-10-11-12-13-14-15-16-18-22-19-20-24(28(25,26)27)23(21-22)17-4-2/h4,19-21H,2-3,5-18H2,1H3,(H,25,26,27). The molecule has 0 saturated heterocycles. The van der Waals surface area contributed by atoms with E-state index in [9.17, 15) is 13.0 Å². The molecule has 0 amide bonds. The molecular formula is C24H40O3S. The van der Waals surface area contributed by atoms with Crippen LogP contribution in [0.2, 0.25) is 0 Å². The largest absolute Gasteiger partial charge is 0.294 e. The van der Waals surface area contributed by atoms with Crippen LogP contribution in [0.4, 0.5) is 0 Å². The minimum atomic E-state index is -4.17. The average Bonchev–Trinajstić information content (AvgIpc) is 2.65. The second kappa shape index (κ2) is 14.8. The molecule has 0 unspecified atom stereocenters. The fraction of sp³-hybridized carbons (Fsp3) is 0.667. The molecule has 4 heteroatoms. The molecule has 0 spiro atoms. The molecule has 0 radical (unpaired) electrons. The first-order valence-corrected chi connectivity index (χ1v) is 12.6. The van der Waals surface area contributed by atoms with Crippen LogP contribution >= 0.6 is 0 Å². The first-order chi connectivity index (χ1) is 13.5. The van der Waals surface area contributed by atoms with E-state index in [0.717, 1.165) is 18.4 Å². The quantitative estimate of drug-likeness (QED) is 0.167.